The lowest BCUT2D eigenvalue weighted by molar-refractivity contribution is -0.137. The number of benzene rings is 1. The van der Waals surface area contributed by atoms with E-state index in [1.54, 1.807) is 13.2 Å². The van der Waals surface area contributed by atoms with Gasteiger partial charge in [-0.2, -0.15) is 0 Å². The zero-order chi connectivity index (χ0) is 13.1. The molecule has 5 heteroatoms. The van der Waals surface area contributed by atoms with Crippen LogP contribution in [0.15, 0.2) is 34.9 Å². The van der Waals surface area contributed by atoms with Gasteiger partial charge in [-0.15, -0.1) is 0 Å². The van der Waals surface area contributed by atoms with Crippen LogP contribution in [0.3, 0.4) is 0 Å². The molecule has 0 saturated heterocycles. The third kappa shape index (κ3) is 2.52. The molecule has 1 unspecified atom stereocenters. The van der Waals surface area contributed by atoms with Crippen LogP contribution < -0.4 is 5.32 Å². The summed E-state index contributed by atoms with van der Waals surface area (Å²) in [6.45, 7) is 0. The highest BCUT2D eigenvalue weighted by atomic mass is 79.9. The van der Waals surface area contributed by atoms with Gasteiger partial charge in [-0.1, -0.05) is 28.1 Å². The van der Waals surface area contributed by atoms with Gasteiger partial charge in [-0.25, -0.2) is 0 Å². The standard InChI is InChI=1S/C13H13BrN2O2/c1-15-11(7-12(17)18)9-4-5-10(14)8-3-2-6-16-13(8)9/h2-6,11,15H,7H2,1H3,(H,17,18). The smallest absolute Gasteiger partial charge is 0.305 e. The highest BCUT2D eigenvalue weighted by Gasteiger charge is 2.17. The van der Waals surface area contributed by atoms with Gasteiger partial charge in [0, 0.05) is 22.1 Å². The summed E-state index contributed by atoms with van der Waals surface area (Å²) in [5.74, 6) is -0.832. The van der Waals surface area contributed by atoms with Gasteiger partial charge in [0.1, 0.15) is 0 Å². The van der Waals surface area contributed by atoms with E-state index in [1.165, 1.54) is 0 Å². The van der Waals surface area contributed by atoms with Gasteiger partial charge in [0.05, 0.1) is 11.9 Å². The summed E-state index contributed by atoms with van der Waals surface area (Å²) >= 11 is 3.48. The number of pyridine rings is 1. The van der Waals surface area contributed by atoms with Crippen molar-refractivity contribution >= 4 is 32.8 Å². The summed E-state index contributed by atoms with van der Waals surface area (Å²) in [5.41, 5.74) is 1.73. The molecule has 0 aliphatic heterocycles. The monoisotopic (exact) mass is 308 g/mol. The van der Waals surface area contributed by atoms with E-state index in [9.17, 15) is 4.79 Å². The summed E-state index contributed by atoms with van der Waals surface area (Å²) < 4.78 is 0.958. The average molecular weight is 309 g/mol. The minimum atomic E-state index is -0.832. The summed E-state index contributed by atoms with van der Waals surface area (Å²) in [7, 11) is 1.75. The van der Waals surface area contributed by atoms with Crippen molar-refractivity contribution in [2.75, 3.05) is 7.05 Å². The first-order valence-electron chi connectivity index (χ1n) is 5.55. The maximum atomic E-state index is 10.9. The minimum absolute atomic E-state index is 0.0316. The third-order valence-corrected chi connectivity index (χ3v) is 3.54. The van der Waals surface area contributed by atoms with Gasteiger partial charge < -0.3 is 10.4 Å². The molecule has 2 aromatic rings. The Morgan fingerprint density at radius 3 is 2.94 bits per heavy atom. The number of rotatable bonds is 4. The van der Waals surface area contributed by atoms with Crippen LogP contribution >= 0.6 is 15.9 Å². The molecule has 1 heterocycles. The fourth-order valence-corrected chi connectivity index (χ4v) is 2.44. The molecule has 0 bridgehead atoms. The number of aliphatic carboxylic acids is 1. The average Bonchev–Trinajstić information content (AvgIpc) is 2.37. The molecule has 0 spiro atoms. The quantitative estimate of drug-likeness (QED) is 0.911. The van der Waals surface area contributed by atoms with Gasteiger partial charge in [-0.05, 0) is 24.7 Å². The second-order valence-electron chi connectivity index (χ2n) is 3.98. The molecule has 94 valence electrons. The largest absolute Gasteiger partial charge is 0.481 e. The number of carboxylic acid groups (broad SMARTS) is 1. The van der Waals surface area contributed by atoms with Crippen molar-refractivity contribution in [3.8, 4) is 0 Å². The first-order chi connectivity index (χ1) is 8.63. The normalized spacial score (nSPS) is 12.6. The number of fused-ring (bicyclic) bond motifs is 1. The molecular weight excluding hydrogens is 296 g/mol. The maximum Gasteiger partial charge on any atom is 0.305 e. The Kier molecular flexibility index (Phi) is 3.93. The third-order valence-electron chi connectivity index (χ3n) is 2.85. The van der Waals surface area contributed by atoms with Crippen LogP contribution in [0, 0.1) is 0 Å². The van der Waals surface area contributed by atoms with Crippen LogP contribution in [-0.4, -0.2) is 23.1 Å². The number of carboxylic acids is 1. The molecule has 0 saturated carbocycles. The van der Waals surface area contributed by atoms with Crippen LogP contribution in [0.5, 0.6) is 0 Å². The van der Waals surface area contributed by atoms with E-state index in [2.05, 4.69) is 26.2 Å². The summed E-state index contributed by atoms with van der Waals surface area (Å²) in [4.78, 5) is 15.2. The topological polar surface area (TPSA) is 62.2 Å². The lowest BCUT2D eigenvalue weighted by Crippen LogP contribution is -2.20. The molecule has 2 N–H and O–H groups in total. The van der Waals surface area contributed by atoms with Crippen LogP contribution in [0.4, 0.5) is 0 Å². The van der Waals surface area contributed by atoms with E-state index in [0.717, 1.165) is 20.9 Å². The number of hydrogen-bond acceptors (Lipinski definition) is 3. The summed E-state index contributed by atoms with van der Waals surface area (Å²) in [5, 5.41) is 12.9. The predicted molar refractivity (Wildman–Crippen MR) is 73.5 cm³/mol. The number of halogens is 1. The van der Waals surface area contributed by atoms with E-state index in [4.69, 9.17) is 5.11 Å². The molecular formula is C13H13BrN2O2. The van der Waals surface area contributed by atoms with E-state index >= 15 is 0 Å². The zero-order valence-electron chi connectivity index (χ0n) is 9.85. The Morgan fingerprint density at radius 2 is 2.28 bits per heavy atom. The molecule has 18 heavy (non-hydrogen) atoms. The SMILES string of the molecule is CNC(CC(=O)O)c1ccc(Br)c2cccnc12. The number of aromatic nitrogens is 1. The Hall–Kier alpha value is -1.46. The van der Waals surface area contributed by atoms with Crippen LogP contribution in [0.2, 0.25) is 0 Å². The minimum Gasteiger partial charge on any atom is -0.481 e. The van der Waals surface area contributed by atoms with Crippen molar-refractivity contribution < 1.29 is 9.90 Å². The first-order valence-corrected chi connectivity index (χ1v) is 6.35. The number of nitrogens with zero attached hydrogens (tertiary/aromatic N) is 1. The van der Waals surface area contributed by atoms with Gasteiger partial charge in [0.2, 0.25) is 0 Å². The first kappa shape index (κ1) is 13.0. The molecule has 1 aromatic heterocycles. The van der Waals surface area contributed by atoms with Gasteiger partial charge in [0.25, 0.3) is 0 Å². The number of hydrogen-bond donors (Lipinski definition) is 2. The van der Waals surface area contributed by atoms with Crippen molar-refractivity contribution in [2.24, 2.45) is 0 Å². The lowest BCUT2D eigenvalue weighted by Gasteiger charge is -2.16. The lowest BCUT2D eigenvalue weighted by atomic mass is 10.0. The highest BCUT2D eigenvalue weighted by Crippen LogP contribution is 2.29. The van der Waals surface area contributed by atoms with Crippen LogP contribution in [0.25, 0.3) is 10.9 Å². The summed E-state index contributed by atoms with van der Waals surface area (Å²) in [6, 6.07) is 7.41. The fourth-order valence-electron chi connectivity index (χ4n) is 1.98. The molecule has 2 rings (SSSR count). The van der Waals surface area contributed by atoms with Crippen molar-refractivity contribution in [1.82, 2.24) is 10.3 Å². The van der Waals surface area contributed by atoms with Gasteiger partial charge >= 0.3 is 5.97 Å². The van der Waals surface area contributed by atoms with E-state index < -0.39 is 5.97 Å². The maximum absolute atomic E-state index is 10.9. The predicted octanol–water partition coefficient (Wildman–Crippen LogP) is 2.73. The Balaban J connectivity index is 2.56. The van der Waals surface area contributed by atoms with Crippen molar-refractivity contribution in [3.63, 3.8) is 0 Å². The molecule has 0 amide bonds. The van der Waals surface area contributed by atoms with E-state index in [-0.39, 0.29) is 12.5 Å². The van der Waals surface area contributed by atoms with Crippen LogP contribution in [0.1, 0.15) is 18.0 Å². The Morgan fingerprint density at radius 1 is 1.50 bits per heavy atom. The fraction of sp³-hybridized carbons (Fsp3) is 0.231. The van der Waals surface area contributed by atoms with Crippen molar-refractivity contribution in [1.29, 1.82) is 0 Å². The molecule has 0 aliphatic carbocycles. The Labute approximate surface area is 113 Å². The number of carbonyl (C=O) groups is 1. The highest BCUT2D eigenvalue weighted by molar-refractivity contribution is 9.10. The molecule has 4 nitrogen and oxygen atoms in total. The molecule has 0 fully saturated rings. The summed E-state index contributed by atoms with van der Waals surface area (Å²) in [6.07, 6.45) is 1.75. The second kappa shape index (κ2) is 5.46. The van der Waals surface area contributed by atoms with Crippen LogP contribution in [-0.2, 0) is 4.79 Å². The molecule has 0 radical (unpaired) electrons. The van der Waals surface area contributed by atoms with Crippen molar-refractivity contribution in [3.05, 3.63) is 40.5 Å². The van der Waals surface area contributed by atoms with E-state index in [1.807, 2.05) is 24.3 Å². The van der Waals surface area contributed by atoms with Gasteiger partial charge in [0.15, 0.2) is 0 Å². The molecule has 1 aromatic carbocycles. The van der Waals surface area contributed by atoms with E-state index in [0.29, 0.717) is 0 Å². The number of nitrogens with one attached hydrogen (secondary N) is 1. The molecule has 0 aliphatic rings. The van der Waals surface area contributed by atoms with Crippen molar-refractivity contribution in [2.45, 2.75) is 12.5 Å². The van der Waals surface area contributed by atoms with Gasteiger partial charge in [-0.3, -0.25) is 9.78 Å². The zero-order valence-corrected chi connectivity index (χ0v) is 11.4. The second-order valence-corrected chi connectivity index (χ2v) is 4.83. The molecule has 1 atom stereocenters. The Bertz CT molecular complexity index is 586.